The standard InChI is InChI=1S/C8H17N3O2/c1-4-8(13)10-6(2)7(3)11-9-5-12/h6,9,12H,4-5H2,1-3H3,(H,10,13)/b11-7+. The van der Waals surface area contributed by atoms with E-state index >= 15 is 0 Å². The van der Waals surface area contributed by atoms with E-state index in [0.29, 0.717) is 6.42 Å². The maximum atomic E-state index is 11.0. The second-order valence-corrected chi connectivity index (χ2v) is 2.71. The molecule has 0 aromatic heterocycles. The molecule has 0 aromatic rings. The molecule has 3 N–H and O–H groups in total. The van der Waals surface area contributed by atoms with Crippen LogP contribution in [0.1, 0.15) is 27.2 Å². The summed E-state index contributed by atoms with van der Waals surface area (Å²) in [6, 6.07) is -0.105. The number of nitrogens with zero attached hydrogens (tertiary/aromatic N) is 1. The zero-order valence-corrected chi connectivity index (χ0v) is 8.29. The summed E-state index contributed by atoms with van der Waals surface area (Å²) in [5.74, 6) is -0.00829. The van der Waals surface area contributed by atoms with Gasteiger partial charge in [-0.1, -0.05) is 6.92 Å². The van der Waals surface area contributed by atoms with Gasteiger partial charge in [-0.2, -0.15) is 5.10 Å². The summed E-state index contributed by atoms with van der Waals surface area (Å²) < 4.78 is 0. The van der Waals surface area contributed by atoms with Crippen molar-refractivity contribution in [2.24, 2.45) is 5.10 Å². The molecule has 0 bridgehead atoms. The fourth-order valence-corrected chi connectivity index (χ4v) is 0.705. The molecule has 0 radical (unpaired) electrons. The van der Waals surface area contributed by atoms with Crippen LogP contribution in [0.25, 0.3) is 0 Å². The maximum absolute atomic E-state index is 11.0. The van der Waals surface area contributed by atoms with Crippen molar-refractivity contribution in [2.75, 3.05) is 6.73 Å². The van der Waals surface area contributed by atoms with Crippen LogP contribution < -0.4 is 10.7 Å². The minimum absolute atomic E-state index is 0.00829. The topological polar surface area (TPSA) is 73.7 Å². The van der Waals surface area contributed by atoms with E-state index in [2.05, 4.69) is 15.8 Å². The van der Waals surface area contributed by atoms with Crippen molar-refractivity contribution in [2.45, 2.75) is 33.2 Å². The first-order valence-corrected chi connectivity index (χ1v) is 4.29. The second-order valence-electron chi connectivity index (χ2n) is 2.71. The van der Waals surface area contributed by atoms with Crippen LogP contribution in [0, 0.1) is 0 Å². The van der Waals surface area contributed by atoms with Crippen LogP contribution in [0.15, 0.2) is 5.10 Å². The minimum Gasteiger partial charge on any atom is -0.375 e. The lowest BCUT2D eigenvalue weighted by Gasteiger charge is -2.12. The Morgan fingerprint density at radius 3 is 2.69 bits per heavy atom. The average Bonchev–Trinajstić information content (AvgIpc) is 2.13. The summed E-state index contributed by atoms with van der Waals surface area (Å²) in [4.78, 5) is 11.0. The van der Waals surface area contributed by atoms with Crippen LogP contribution in [0.2, 0.25) is 0 Å². The predicted molar refractivity (Wildman–Crippen MR) is 51.2 cm³/mol. The summed E-state index contributed by atoms with van der Waals surface area (Å²) >= 11 is 0. The third-order valence-corrected chi connectivity index (χ3v) is 1.65. The van der Waals surface area contributed by atoms with Crippen LogP contribution in [0.3, 0.4) is 0 Å². The molecule has 0 aromatic carbocycles. The first-order valence-electron chi connectivity index (χ1n) is 4.29. The van der Waals surface area contributed by atoms with Gasteiger partial charge in [-0.3, -0.25) is 10.2 Å². The molecule has 5 nitrogen and oxygen atoms in total. The number of carbonyl (C=O) groups is 1. The molecule has 0 saturated carbocycles. The highest BCUT2D eigenvalue weighted by molar-refractivity contribution is 5.90. The zero-order valence-electron chi connectivity index (χ0n) is 8.29. The monoisotopic (exact) mass is 187 g/mol. The van der Waals surface area contributed by atoms with E-state index in [1.165, 1.54) is 0 Å². The zero-order chi connectivity index (χ0) is 10.3. The molecule has 0 fully saturated rings. The van der Waals surface area contributed by atoms with E-state index in [4.69, 9.17) is 5.11 Å². The van der Waals surface area contributed by atoms with Crippen LogP contribution in [0.4, 0.5) is 0 Å². The Kier molecular flexibility index (Phi) is 5.88. The Labute approximate surface area is 78.2 Å². The summed E-state index contributed by atoms with van der Waals surface area (Å²) in [7, 11) is 0. The number of aliphatic hydroxyl groups excluding tert-OH is 1. The summed E-state index contributed by atoms with van der Waals surface area (Å²) in [5.41, 5.74) is 3.14. The van der Waals surface area contributed by atoms with Crippen LogP contribution in [0.5, 0.6) is 0 Å². The highest BCUT2D eigenvalue weighted by Crippen LogP contribution is 1.88. The molecule has 0 spiro atoms. The third-order valence-electron chi connectivity index (χ3n) is 1.65. The van der Waals surface area contributed by atoms with Gasteiger partial charge in [-0.25, -0.2) is 0 Å². The molecule has 1 unspecified atom stereocenters. The van der Waals surface area contributed by atoms with Gasteiger partial charge >= 0.3 is 0 Å². The number of hydrogen-bond donors (Lipinski definition) is 3. The van der Waals surface area contributed by atoms with Crippen molar-refractivity contribution in [3.05, 3.63) is 0 Å². The van der Waals surface area contributed by atoms with Gasteiger partial charge in [-0.15, -0.1) is 0 Å². The second kappa shape index (κ2) is 6.42. The van der Waals surface area contributed by atoms with E-state index in [9.17, 15) is 4.79 Å². The average molecular weight is 187 g/mol. The van der Waals surface area contributed by atoms with Crippen molar-refractivity contribution in [1.29, 1.82) is 0 Å². The van der Waals surface area contributed by atoms with Crippen molar-refractivity contribution >= 4 is 11.6 Å². The molecule has 0 aliphatic carbocycles. The minimum atomic E-state index is -0.203. The highest BCUT2D eigenvalue weighted by Gasteiger charge is 2.07. The molecule has 5 heteroatoms. The third kappa shape index (κ3) is 5.19. The Bertz CT molecular complexity index is 192. The van der Waals surface area contributed by atoms with Gasteiger partial charge in [0.2, 0.25) is 5.91 Å². The number of amides is 1. The Morgan fingerprint density at radius 2 is 2.23 bits per heavy atom. The number of hydrogen-bond acceptors (Lipinski definition) is 4. The quantitative estimate of drug-likeness (QED) is 0.317. The first kappa shape index (κ1) is 11.9. The smallest absolute Gasteiger partial charge is 0.220 e. The molecule has 1 amide bonds. The Morgan fingerprint density at radius 1 is 1.62 bits per heavy atom. The SMILES string of the molecule is CCC(=O)NC(C)/C(C)=N/NCO. The van der Waals surface area contributed by atoms with Crippen molar-refractivity contribution < 1.29 is 9.90 Å². The number of carbonyl (C=O) groups excluding carboxylic acids is 1. The molecule has 76 valence electrons. The van der Waals surface area contributed by atoms with Crippen LogP contribution in [-0.4, -0.2) is 29.5 Å². The number of rotatable bonds is 5. The summed E-state index contributed by atoms with van der Waals surface area (Å²) in [6.45, 7) is 5.21. The van der Waals surface area contributed by atoms with Gasteiger partial charge in [-0.05, 0) is 13.8 Å². The Balaban J connectivity index is 3.94. The molecule has 0 heterocycles. The molecule has 0 rings (SSSR count). The van der Waals surface area contributed by atoms with Gasteiger partial charge < -0.3 is 10.4 Å². The van der Waals surface area contributed by atoms with E-state index in [1.54, 1.807) is 13.8 Å². The number of nitrogens with one attached hydrogen (secondary N) is 2. The van der Waals surface area contributed by atoms with E-state index in [1.807, 2.05) is 6.92 Å². The van der Waals surface area contributed by atoms with E-state index in [-0.39, 0.29) is 18.7 Å². The van der Waals surface area contributed by atoms with Gasteiger partial charge in [0.1, 0.15) is 6.73 Å². The van der Waals surface area contributed by atoms with E-state index in [0.717, 1.165) is 5.71 Å². The maximum Gasteiger partial charge on any atom is 0.220 e. The lowest BCUT2D eigenvalue weighted by molar-refractivity contribution is -0.120. The van der Waals surface area contributed by atoms with E-state index < -0.39 is 0 Å². The lowest BCUT2D eigenvalue weighted by Crippen LogP contribution is -2.37. The fraction of sp³-hybridized carbons (Fsp3) is 0.750. The molecule has 1 atom stereocenters. The van der Waals surface area contributed by atoms with Crippen LogP contribution >= 0.6 is 0 Å². The summed E-state index contributed by atoms with van der Waals surface area (Å²) in [5, 5.41) is 15.0. The highest BCUT2D eigenvalue weighted by atomic mass is 16.3. The van der Waals surface area contributed by atoms with Gasteiger partial charge in [0.05, 0.1) is 11.8 Å². The lowest BCUT2D eigenvalue weighted by atomic mass is 10.2. The number of hydrazone groups is 1. The van der Waals surface area contributed by atoms with Crippen molar-refractivity contribution in [1.82, 2.24) is 10.7 Å². The molecular formula is C8H17N3O2. The number of aliphatic hydroxyl groups is 1. The fourth-order valence-electron chi connectivity index (χ4n) is 0.705. The molecule has 13 heavy (non-hydrogen) atoms. The van der Waals surface area contributed by atoms with Gasteiger partial charge in [0.25, 0.3) is 0 Å². The molecule has 0 aliphatic heterocycles. The van der Waals surface area contributed by atoms with Crippen molar-refractivity contribution in [3.63, 3.8) is 0 Å². The largest absolute Gasteiger partial charge is 0.375 e. The Hall–Kier alpha value is -1.10. The molecular weight excluding hydrogens is 170 g/mol. The van der Waals surface area contributed by atoms with Gasteiger partial charge in [0.15, 0.2) is 0 Å². The normalized spacial score (nSPS) is 13.7. The molecule has 0 aliphatic rings. The first-order chi connectivity index (χ1) is 6.11. The van der Waals surface area contributed by atoms with Crippen LogP contribution in [-0.2, 0) is 4.79 Å². The van der Waals surface area contributed by atoms with Gasteiger partial charge in [0, 0.05) is 6.42 Å². The predicted octanol–water partition coefficient (Wildman–Crippen LogP) is -0.184. The summed E-state index contributed by atoms with van der Waals surface area (Å²) in [6.07, 6.45) is 0.463. The van der Waals surface area contributed by atoms with Crippen molar-refractivity contribution in [3.8, 4) is 0 Å². The molecule has 0 saturated heterocycles.